The van der Waals surface area contributed by atoms with Crippen LogP contribution >= 0.6 is 0 Å². The minimum Gasteiger partial charge on any atom is -0.298 e. The summed E-state index contributed by atoms with van der Waals surface area (Å²) in [5.41, 5.74) is 2.70. The number of rotatable bonds is 4. The second kappa shape index (κ2) is 5.71. The summed E-state index contributed by atoms with van der Waals surface area (Å²) in [6.45, 7) is 4.55. The molecule has 4 heteroatoms. The first kappa shape index (κ1) is 13.4. The number of aromatic nitrogens is 2. The van der Waals surface area contributed by atoms with Crippen LogP contribution in [0.15, 0.2) is 48.4 Å². The van der Waals surface area contributed by atoms with Crippen molar-refractivity contribution in [1.82, 2.24) is 9.97 Å². The van der Waals surface area contributed by atoms with Gasteiger partial charge in [-0.15, -0.1) is 0 Å². The molecule has 0 radical (unpaired) electrons. The molecule has 0 spiro atoms. The fourth-order valence-corrected chi connectivity index (χ4v) is 3.55. The lowest BCUT2D eigenvalue weighted by Gasteiger charge is -2.17. The maximum Gasteiger partial charge on any atom is 0.153 e. The molecule has 0 aliphatic carbocycles. The topological polar surface area (TPSA) is 42.9 Å². The minimum absolute atomic E-state index is 0.497. The average molecular weight is 268 g/mol. The van der Waals surface area contributed by atoms with E-state index in [2.05, 4.69) is 53.0 Å². The van der Waals surface area contributed by atoms with Crippen molar-refractivity contribution in [2.24, 2.45) is 0 Å². The van der Waals surface area contributed by atoms with E-state index in [9.17, 15) is 4.79 Å². The Hall–Kier alpha value is -2.07. The Morgan fingerprint density at radius 3 is 2.26 bits per heavy atom. The smallest absolute Gasteiger partial charge is 0.153 e. The molecule has 0 saturated heterocycles. The molecule has 3 nitrogen and oxygen atoms in total. The zero-order chi connectivity index (χ0) is 13.7. The van der Waals surface area contributed by atoms with Crippen molar-refractivity contribution in [3.63, 3.8) is 0 Å². The van der Waals surface area contributed by atoms with Crippen molar-refractivity contribution in [3.05, 3.63) is 59.8 Å². The number of hydrogen-bond donors (Lipinski definition) is 0. The Kier molecular flexibility index (Phi) is 4.02. The summed E-state index contributed by atoms with van der Waals surface area (Å²) >= 11 is 0. The Morgan fingerprint density at radius 1 is 1.05 bits per heavy atom. The molecule has 0 saturated carbocycles. The maximum absolute atomic E-state index is 10.5. The van der Waals surface area contributed by atoms with E-state index in [4.69, 9.17) is 0 Å². The van der Waals surface area contributed by atoms with Crippen LogP contribution in [-0.2, 0) is 0 Å². The number of carbonyl (C=O) groups excluding carboxylic acids is 1. The van der Waals surface area contributed by atoms with Gasteiger partial charge in [-0.05, 0) is 6.08 Å². The standard InChI is InChI=1S/C15H16N2OSi/c1-19(2,14-6-4-3-5-7-14)9-8-15-16-10-13(12-18)11-17-15/h3-12H,1-2H3/b9-8+. The molecule has 96 valence electrons. The van der Waals surface area contributed by atoms with Gasteiger partial charge in [0, 0.05) is 12.4 Å². The fraction of sp³-hybridized carbons (Fsp3) is 0.133. The minimum atomic E-state index is -1.61. The monoisotopic (exact) mass is 268 g/mol. The van der Waals surface area contributed by atoms with Gasteiger partial charge in [0.2, 0.25) is 0 Å². The van der Waals surface area contributed by atoms with E-state index in [1.54, 1.807) is 0 Å². The summed E-state index contributed by atoms with van der Waals surface area (Å²) < 4.78 is 0. The van der Waals surface area contributed by atoms with Gasteiger partial charge in [0.05, 0.1) is 5.56 Å². The maximum atomic E-state index is 10.5. The van der Waals surface area contributed by atoms with Crippen LogP contribution in [0, 0.1) is 0 Å². The highest BCUT2D eigenvalue weighted by Gasteiger charge is 2.19. The van der Waals surface area contributed by atoms with Crippen LogP contribution in [0.25, 0.3) is 6.08 Å². The summed E-state index contributed by atoms with van der Waals surface area (Å²) in [6.07, 6.45) is 5.76. The number of nitrogens with zero attached hydrogens (tertiary/aromatic N) is 2. The Morgan fingerprint density at radius 2 is 1.68 bits per heavy atom. The third-order valence-corrected chi connectivity index (χ3v) is 5.82. The van der Waals surface area contributed by atoms with Crippen LogP contribution in [0.2, 0.25) is 13.1 Å². The van der Waals surface area contributed by atoms with Gasteiger partial charge in [0.1, 0.15) is 8.07 Å². The van der Waals surface area contributed by atoms with Gasteiger partial charge in [0.25, 0.3) is 0 Å². The number of carbonyl (C=O) groups is 1. The molecular formula is C15H16N2OSi. The van der Waals surface area contributed by atoms with Crippen LogP contribution in [0.1, 0.15) is 16.2 Å². The number of hydrogen-bond acceptors (Lipinski definition) is 3. The molecule has 2 aromatic rings. The molecule has 0 aliphatic heterocycles. The molecule has 0 bridgehead atoms. The van der Waals surface area contributed by atoms with Gasteiger partial charge in [-0.2, -0.15) is 0 Å². The van der Waals surface area contributed by atoms with Crippen molar-refractivity contribution < 1.29 is 4.79 Å². The third-order valence-electron chi connectivity index (χ3n) is 2.99. The van der Waals surface area contributed by atoms with Crippen LogP contribution in [0.5, 0.6) is 0 Å². The van der Waals surface area contributed by atoms with Crippen molar-refractivity contribution in [3.8, 4) is 0 Å². The van der Waals surface area contributed by atoms with E-state index < -0.39 is 8.07 Å². The van der Waals surface area contributed by atoms with Gasteiger partial charge >= 0.3 is 0 Å². The normalized spacial score (nSPS) is 11.7. The summed E-state index contributed by atoms with van der Waals surface area (Å²) in [4.78, 5) is 18.8. The van der Waals surface area contributed by atoms with E-state index in [0.717, 1.165) is 6.29 Å². The van der Waals surface area contributed by atoms with Gasteiger partial charge in [-0.3, -0.25) is 4.79 Å². The van der Waals surface area contributed by atoms with Crippen molar-refractivity contribution >= 4 is 25.6 Å². The first-order valence-corrected chi connectivity index (χ1v) is 9.21. The molecule has 2 rings (SSSR count). The molecule has 1 aromatic carbocycles. The van der Waals surface area contributed by atoms with Gasteiger partial charge < -0.3 is 0 Å². The molecule has 19 heavy (non-hydrogen) atoms. The van der Waals surface area contributed by atoms with E-state index in [-0.39, 0.29) is 0 Å². The predicted octanol–water partition coefficient (Wildman–Crippen LogP) is 2.46. The molecular weight excluding hydrogens is 252 g/mol. The zero-order valence-corrected chi connectivity index (χ0v) is 12.1. The van der Waals surface area contributed by atoms with Gasteiger partial charge in [-0.25, -0.2) is 9.97 Å². The largest absolute Gasteiger partial charge is 0.298 e. The van der Waals surface area contributed by atoms with Crippen LogP contribution in [-0.4, -0.2) is 24.3 Å². The predicted molar refractivity (Wildman–Crippen MR) is 80.0 cm³/mol. The average Bonchev–Trinajstić information content (AvgIpc) is 2.47. The lowest BCUT2D eigenvalue weighted by atomic mass is 10.4. The van der Waals surface area contributed by atoms with E-state index in [0.29, 0.717) is 11.4 Å². The van der Waals surface area contributed by atoms with Crippen LogP contribution in [0.3, 0.4) is 0 Å². The first-order chi connectivity index (χ1) is 9.12. The van der Waals surface area contributed by atoms with E-state index in [1.807, 2.05) is 12.1 Å². The molecule has 1 heterocycles. The van der Waals surface area contributed by atoms with Gasteiger partial charge in [-0.1, -0.05) is 54.3 Å². The Balaban J connectivity index is 2.19. The number of aldehydes is 1. The highest BCUT2D eigenvalue weighted by atomic mass is 28.3. The lowest BCUT2D eigenvalue weighted by Crippen LogP contribution is -2.39. The van der Waals surface area contributed by atoms with Crippen LogP contribution < -0.4 is 5.19 Å². The second-order valence-electron chi connectivity index (χ2n) is 4.91. The summed E-state index contributed by atoms with van der Waals surface area (Å²) in [7, 11) is -1.61. The Bertz CT molecular complexity index is 577. The molecule has 0 unspecified atom stereocenters. The van der Waals surface area contributed by atoms with Crippen LogP contribution in [0.4, 0.5) is 0 Å². The molecule has 1 aromatic heterocycles. The quantitative estimate of drug-likeness (QED) is 0.632. The van der Waals surface area contributed by atoms with Crippen molar-refractivity contribution in [2.75, 3.05) is 0 Å². The molecule has 0 fully saturated rings. The molecule has 0 N–H and O–H groups in total. The summed E-state index contributed by atoms with van der Waals surface area (Å²) in [5.74, 6) is 0.641. The SMILES string of the molecule is C[Si](C)(/C=C/c1ncc(C=O)cn1)c1ccccc1. The van der Waals surface area contributed by atoms with E-state index in [1.165, 1.54) is 17.6 Å². The first-order valence-electron chi connectivity index (χ1n) is 6.14. The lowest BCUT2D eigenvalue weighted by molar-refractivity contribution is 0.112. The zero-order valence-electron chi connectivity index (χ0n) is 11.1. The van der Waals surface area contributed by atoms with Crippen molar-refractivity contribution in [1.29, 1.82) is 0 Å². The second-order valence-corrected chi connectivity index (χ2v) is 9.27. The fourth-order valence-electron chi connectivity index (χ4n) is 1.74. The number of benzene rings is 1. The van der Waals surface area contributed by atoms with Crippen molar-refractivity contribution in [2.45, 2.75) is 13.1 Å². The highest BCUT2D eigenvalue weighted by Crippen LogP contribution is 2.07. The summed E-state index contributed by atoms with van der Waals surface area (Å²) in [5, 5.41) is 1.37. The Labute approximate surface area is 114 Å². The van der Waals surface area contributed by atoms with E-state index >= 15 is 0 Å². The van der Waals surface area contributed by atoms with Gasteiger partial charge in [0.15, 0.2) is 12.1 Å². The highest BCUT2D eigenvalue weighted by molar-refractivity contribution is 6.94. The third kappa shape index (κ3) is 3.45. The molecule has 0 amide bonds. The summed E-state index contributed by atoms with van der Waals surface area (Å²) in [6, 6.07) is 10.5. The molecule has 0 aliphatic rings. The molecule has 0 atom stereocenters.